The van der Waals surface area contributed by atoms with Crippen molar-refractivity contribution in [2.24, 2.45) is 0 Å². The third kappa shape index (κ3) is 1.92. The van der Waals surface area contributed by atoms with Gasteiger partial charge in [-0.1, -0.05) is 24.3 Å². The van der Waals surface area contributed by atoms with Crippen LogP contribution >= 0.6 is 0 Å². The van der Waals surface area contributed by atoms with Crippen LogP contribution in [0.4, 0.5) is 5.69 Å². The van der Waals surface area contributed by atoms with Gasteiger partial charge in [0.2, 0.25) is 0 Å². The molecule has 0 radical (unpaired) electrons. The van der Waals surface area contributed by atoms with Crippen LogP contribution in [0.1, 0.15) is 31.4 Å². The largest absolute Gasteiger partial charge is 0.372 e. The van der Waals surface area contributed by atoms with Crippen LogP contribution in [-0.4, -0.2) is 13.1 Å². The lowest BCUT2D eigenvalue weighted by Crippen LogP contribution is -2.28. The summed E-state index contributed by atoms with van der Waals surface area (Å²) in [6, 6.07) is 6.75. The summed E-state index contributed by atoms with van der Waals surface area (Å²) < 4.78 is 0. The molecule has 1 aliphatic heterocycles. The molecule has 0 fully saturated rings. The fraction of sp³-hybridized carbons (Fsp3) is 0.429. The topological polar surface area (TPSA) is 3.24 Å². The molecule has 1 aromatic carbocycles. The van der Waals surface area contributed by atoms with Gasteiger partial charge in [-0.05, 0) is 43.9 Å². The summed E-state index contributed by atoms with van der Waals surface area (Å²) >= 11 is 0. The Labute approximate surface area is 92.4 Å². The number of anilines is 1. The van der Waals surface area contributed by atoms with Gasteiger partial charge < -0.3 is 4.90 Å². The van der Waals surface area contributed by atoms with E-state index in [0.717, 1.165) is 12.1 Å². The minimum absolute atomic E-state index is 1.10. The minimum atomic E-state index is 1.10. The van der Waals surface area contributed by atoms with Crippen molar-refractivity contribution in [1.29, 1.82) is 0 Å². The smallest absolute Gasteiger partial charge is 0.0404 e. The second kappa shape index (κ2) is 4.09. The Balaban J connectivity index is 2.43. The molecule has 0 amide bonds. The molecule has 1 heteroatoms. The van der Waals surface area contributed by atoms with Crippen LogP contribution in [-0.2, 0) is 6.42 Å². The van der Waals surface area contributed by atoms with Crippen LogP contribution in [0.2, 0.25) is 0 Å². The van der Waals surface area contributed by atoms with Crippen molar-refractivity contribution in [1.82, 2.24) is 0 Å². The van der Waals surface area contributed by atoms with E-state index < -0.39 is 0 Å². The van der Waals surface area contributed by atoms with Crippen molar-refractivity contribution < 1.29 is 0 Å². The number of aryl methyl sites for hydroxylation is 1. The fourth-order valence-corrected chi connectivity index (χ4v) is 2.24. The summed E-state index contributed by atoms with van der Waals surface area (Å²) in [5.41, 5.74) is 5.34. The predicted molar refractivity (Wildman–Crippen MR) is 67.4 cm³/mol. The fourth-order valence-electron chi connectivity index (χ4n) is 2.24. The van der Waals surface area contributed by atoms with E-state index in [-0.39, 0.29) is 0 Å². The molecule has 0 unspecified atom stereocenters. The SMILES string of the molecule is C=C(C)c1ccc2c(c1)N(CC)CCC2. The van der Waals surface area contributed by atoms with Crippen LogP contribution < -0.4 is 4.90 Å². The lowest BCUT2D eigenvalue weighted by atomic mass is 9.97. The van der Waals surface area contributed by atoms with Crippen molar-refractivity contribution >= 4 is 11.3 Å². The highest BCUT2D eigenvalue weighted by Gasteiger charge is 2.15. The first-order valence-electron chi connectivity index (χ1n) is 5.76. The molecule has 0 bridgehead atoms. The van der Waals surface area contributed by atoms with Crippen molar-refractivity contribution in [3.63, 3.8) is 0 Å². The first-order chi connectivity index (χ1) is 7.22. The van der Waals surface area contributed by atoms with E-state index in [4.69, 9.17) is 0 Å². The summed E-state index contributed by atoms with van der Waals surface area (Å²) in [7, 11) is 0. The van der Waals surface area contributed by atoms with Gasteiger partial charge in [-0.2, -0.15) is 0 Å². The third-order valence-corrected chi connectivity index (χ3v) is 3.17. The molecule has 0 saturated heterocycles. The normalized spacial score (nSPS) is 14.9. The van der Waals surface area contributed by atoms with Gasteiger partial charge in [0.15, 0.2) is 0 Å². The zero-order valence-corrected chi connectivity index (χ0v) is 9.71. The molecule has 15 heavy (non-hydrogen) atoms. The highest BCUT2D eigenvalue weighted by atomic mass is 15.1. The van der Waals surface area contributed by atoms with Crippen LogP contribution in [0, 0.1) is 0 Å². The summed E-state index contributed by atoms with van der Waals surface area (Å²) in [5.74, 6) is 0. The van der Waals surface area contributed by atoms with Crippen LogP contribution in [0.5, 0.6) is 0 Å². The maximum absolute atomic E-state index is 4.01. The Hall–Kier alpha value is -1.24. The molecule has 1 nitrogen and oxygen atoms in total. The molecular formula is C14H19N. The van der Waals surface area contributed by atoms with Crippen molar-refractivity contribution in [3.8, 4) is 0 Å². The van der Waals surface area contributed by atoms with E-state index in [1.165, 1.54) is 36.2 Å². The molecule has 0 atom stereocenters. The molecule has 0 aliphatic carbocycles. The standard InChI is InChI=1S/C14H19N/c1-4-15-9-5-6-12-7-8-13(11(2)3)10-14(12)15/h7-8,10H,2,4-6,9H2,1,3H3. The van der Waals surface area contributed by atoms with Crippen molar-refractivity contribution in [3.05, 3.63) is 35.9 Å². The molecule has 1 aromatic rings. The highest BCUT2D eigenvalue weighted by molar-refractivity contribution is 5.68. The zero-order valence-electron chi connectivity index (χ0n) is 9.71. The Morgan fingerprint density at radius 3 is 2.93 bits per heavy atom. The molecule has 80 valence electrons. The van der Waals surface area contributed by atoms with E-state index >= 15 is 0 Å². The summed E-state index contributed by atoms with van der Waals surface area (Å²) in [4.78, 5) is 2.46. The number of benzene rings is 1. The van der Waals surface area contributed by atoms with Crippen LogP contribution in [0.25, 0.3) is 5.57 Å². The molecule has 0 N–H and O–H groups in total. The summed E-state index contributed by atoms with van der Waals surface area (Å²) in [5, 5.41) is 0. The molecule has 1 heterocycles. The number of allylic oxidation sites excluding steroid dienone is 1. The number of nitrogens with zero attached hydrogens (tertiary/aromatic N) is 1. The molecule has 0 spiro atoms. The maximum Gasteiger partial charge on any atom is 0.0404 e. The van der Waals surface area contributed by atoms with Crippen molar-refractivity contribution in [2.75, 3.05) is 18.0 Å². The van der Waals surface area contributed by atoms with Gasteiger partial charge in [-0.25, -0.2) is 0 Å². The highest BCUT2D eigenvalue weighted by Crippen LogP contribution is 2.29. The van der Waals surface area contributed by atoms with Gasteiger partial charge in [0.05, 0.1) is 0 Å². The van der Waals surface area contributed by atoms with Gasteiger partial charge in [-0.3, -0.25) is 0 Å². The third-order valence-electron chi connectivity index (χ3n) is 3.17. The Morgan fingerprint density at radius 2 is 2.27 bits per heavy atom. The summed E-state index contributed by atoms with van der Waals surface area (Å²) in [6.45, 7) is 10.6. The first kappa shape index (κ1) is 10.3. The van der Waals surface area contributed by atoms with Gasteiger partial charge in [-0.15, -0.1) is 0 Å². The second-order valence-electron chi connectivity index (χ2n) is 4.31. The molecule has 0 saturated carbocycles. The lowest BCUT2D eigenvalue weighted by molar-refractivity contribution is 0.707. The Bertz CT molecular complexity index is 379. The van der Waals surface area contributed by atoms with Crippen LogP contribution in [0.15, 0.2) is 24.8 Å². The van der Waals surface area contributed by atoms with E-state index in [2.05, 4.69) is 43.5 Å². The van der Waals surface area contributed by atoms with E-state index in [9.17, 15) is 0 Å². The van der Waals surface area contributed by atoms with Gasteiger partial charge in [0, 0.05) is 18.8 Å². The Morgan fingerprint density at radius 1 is 1.47 bits per heavy atom. The quantitative estimate of drug-likeness (QED) is 0.708. The number of hydrogen-bond acceptors (Lipinski definition) is 1. The first-order valence-corrected chi connectivity index (χ1v) is 5.76. The molecular weight excluding hydrogens is 182 g/mol. The van der Waals surface area contributed by atoms with Gasteiger partial charge in [0.25, 0.3) is 0 Å². The van der Waals surface area contributed by atoms with E-state index in [1.807, 2.05) is 0 Å². The van der Waals surface area contributed by atoms with Crippen molar-refractivity contribution in [2.45, 2.75) is 26.7 Å². The second-order valence-corrected chi connectivity index (χ2v) is 4.31. The number of hydrogen-bond donors (Lipinski definition) is 0. The predicted octanol–water partition coefficient (Wildman–Crippen LogP) is 3.49. The average molecular weight is 201 g/mol. The van der Waals surface area contributed by atoms with Crippen LogP contribution in [0.3, 0.4) is 0 Å². The molecule has 0 aromatic heterocycles. The lowest BCUT2D eigenvalue weighted by Gasteiger charge is -2.30. The molecule has 2 rings (SSSR count). The molecule has 1 aliphatic rings. The van der Waals surface area contributed by atoms with Gasteiger partial charge >= 0.3 is 0 Å². The maximum atomic E-state index is 4.01. The number of rotatable bonds is 2. The average Bonchev–Trinajstić information content (AvgIpc) is 2.27. The Kier molecular flexibility index (Phi) is 2.81. The minimum Gasteiger partial charge on any atom is -0.372 e. The van der Waals surface area contributed by atoms with E-state index in [0.29, 0.717) is 0 Å². The van der Waals surface area contributed by atoms with E-state index in [1.54, 1.807) is 0 Å². The monoisotopic (exact) mass is 201 g/mol. The number of fused-ring (bicyclic) bond motifs is 1. The van der Waals surface area contributed by atoms with Gasteiger partial charge in [0.1, 0.15) is 0 Å². The zero-order chi connectivity index (χ0) is 10.8. The summed E-state index contributed by atoms with van der Waals surface area (Å²) in [6.07, 6.45) is 2.51.